The number of hydrogen-bond donors (Lipinski definition) is 1. The van der Waals surface area contributed by atoms with Crippen LogP contribution in [0.2, 0.25) is 5.82 Å². The molecule has 0 saturated heterocycles. The number of nitrogens with one attached hydrogen (secondary N) is 1. The molecule has 4 heteroatoms. The molecule has 2 nitrogen and oxygen atoms in total. The van der Waals surface area contributed by atoms with Gasteiger partial charge in [0.2, 0.25) is 6.71 Å². The molecule has 1 aromatic heterocycles. The second kappa shape index (κ2) is 11.9. The second-order valence-corrected chi connectivity index (χ2v) is 9.36. The van der Waals surface area contributed by atoms with Gasteiger partial charge in [-0.2, -0.15) is 0 Å². The highest BCUT2D eigenvalue weighted by atomic mass is 79.9. The van der Waals surface area contributed by atoms with Crippen molar-refractivity contribution in [2.75, 3.05) is 0 Å². The van der Waals surface area contributed by atoms with Crippen LogP contribution in [-0.4, -0.2) is 16.7 Å². The molecule has 0 radical (unpaired) electrons. The van der Waals surface area contributed by atoms with E-state index in [0.717, 1.165) is 22.5 Å². The Labute approximate surface area is 200 Å². The van der Waals surface area contributed by atoms with Gasteiger partial charge in [0.15, 0.2) is 0 Å². The van der Waals surface area contributed by atoms with Crippen molar-refractivity contribution in [3.05, 3.63) is 113 Å². The van der Waals surface area contributed by atoms with E-state index in [9.17, 15) is 0 Å². The first-order valence-corrected chi connectivity index (χ1v) is 12.4. The Morgan fingerprint density at radius 3 is 1.94 bits per heavy atom. The van der Waals surface area contributed by atoms with Crippen molar-refractivity contribution in [2.45, 2.75) is 44.3 Å². The zero-order chi connectivity index (χ0) is 22.0. The number of H-pyrrole nitrogens is 1. The smallest absolute Gasteiger partial charge is 0.212 e. The maximum absolute atomic E-state index is 4.18. The van der Waals surface area contributed by atoms with Crippen LogP contribution in [0.3, 0.4) is 0 Å². The molecular weight excluding hydrogens is 455 g/mol. The SMILES string of the molecule is Brc1ccccc1Cc1ncc[nH]1.c1ccc(B(c2ccccc2)C2CCCCC2)cc1. The van der Waals surface area contributed by atoms with Gasteiger partial charge in [0.1, 0.15) is 5.82 Å². The maximum atomic E-state index is 4.18. The highest BCUT2D eigenvalue weighted by Crippen LogP contribution is 2.31. The van der Waals surface area contributed by atoms with Crippen LogP contribution in [0, 0.1) is 0 Å². The lowest BCUT2D eigenvalue weighted by atomic mass is 9.32. The topological polar surface area (TPSA) is 28.7 Å². The van der Waals surface area contributed by atoms with E-state index in [0.29, 0.717) is 6.71 Å². The van der Waals surface area contributed by atoms with Crippen LogP contribution in [0.1, 0.15) is 43.5 Å². The largest absolute Gasteiger partial charge is 0.348 e. The predicted molar refractivity (Wildman–Crippen MR) is 140 cm³/mol. The molecule has 0 bridgehead atoms. The maximum Gasteiger partial charge on any atom is 0.212 e. The number of aromatic nitrogens is 2. The van der Waals surface area contributed by atoms with E-state index in [-0.39, 0.29) is 0 Å². The first-order valence-electron chi connectivity index (χ1n) is 11.6. The van der Waals surface area contributed by atoms with Crippen molar-refractivity contribution >= 4 is 33.6 Å². The molecule has 4 aromatic rings. The average molecular weight is 485 g/mol. The Hall–Kier alpha value is -2.59. The summed E-state index contributed by atoms with van der Waals surface area (Å²) in [6.45, 7) is 0.586. The van der Waals surface area contributed by atoms with E-state index in [4.69, 9.17) is 0 Å². The van der Waals surface area contributed by atoms with E-state index in [2.05, 4.69) is 92.6 Å². The van der Waals surface area contributed by atoms with Crippen LogP contribution in [0.5, 0.6) is 0 Å². The molecule has 0 atom stereocenters. The van der Waals surface area contributed by atoms with Gasteiger partial charge in [-0.05, 0) is 11.6 Å². The zero-order valence-corrected chi connectivity index (χ0v) is 20.0. The van der Waals surface area contributed by atoms with Crippen molar-refractivity contribution in [3.8, 4) is 0 Å². The van der Waals surface area contributed by atoms with Crippen LogP contribution in [-0.2, 0) is 6.42 Å². The van der Waals surface area contributed by atoms with Gasteiger partial charge in [0.25, 0.3) is 0 Å². The van der Waals surface area contributed by atoms with Gasteiger partial charge < -0.3 is 4.98 Å². The Bertz CT molecular complexity index is 1010. The van der Waals surface area contributed by atoms with Gasteiger partial charge in [0, 0.05) is 23.3 Å². The summed E-state index contributed by atoms with van der Waals surface area (Å²) >= 11 is 3.50. The van der Waals surface area contributed by atoms with Crippen molar-refractivity contribution < 1.29 is 0 Å². The molecule has 5 rings (SSSR count). The number of nitrogens with zero attached hydrogens (tertiary/aromatic N) is 1. The fraction of sp³-hybridized carbons (Fsp3) is 0.250. The van der Waals surface area contributed by atoms with Gasteiger partial charge in [-0.25, -0.2) is 4.98 Å². The standard InChI is InChI=1S/C18H21B.C10H9BrN2/c1-4-10-16(11-5-1)19(17-12-6-2-7-13-17)18-14-8-3-9-15-18;11-9-4-2-1-3-8(9)7-10-12-5-6-13-10/h1-2,4-7,10-13,18H,3,8-9,14-15H2;1-6H,7H2,(H,12,13). The Kier molecular flexibility index (Phi) is 8.39. The minimum absolute atomic E-state index is 0.586. The molecule has 1 fully saturated rings. The molecule has 1 heterocycles. The second-order valence-electron chi connectivity index (χ2n) is 8.50. The van der Waals surface area contributed by atoms with Gasteiger partial charge >= 0.3 is 0 Å². The van der Waals surface area contributed by atoms with Crippen molar-refractivity contribution in [1.29, 1.82) is 0 Å². The van der Waals surface area contributed by atoms with Crippen molar-refractivity contribution in [3.63, 3.8) is 0 Å². The van der Waals surface area contributed by atoms with Gasteiger partial charge in [0.05, 0.1) is 0 Å². The third-order valence-electron chi connectivity index (χ3n) is 6.31. The highest BCUT2D eigenvalue weighted by Gasteiger charge is 2.29. The molecular formula is C28H30BBrN2. The summed E-state index contributed by atoms with van der Waals surface area (Å²) in [6, 6.07) is 30.3. The molecule has 0 aliphatic heterocycles. The molecule has 0 spiro atoms. The summed E-state index contributed by atoms with van der Waals surface area (Å²) in [5.74, 6) is 1.81. The Morgan fingerprint density at radius 1 is 0.781 bits per heavy atom. The monoisotopic (exact) mass is 484 g/mol. The van der Waals surface area contributed by atoms with Crippen LogP contribution in [0.25, 0.3) is 0 Å². The van der Waals surface area contributed by atoms with Gasteiger partial charge in [-0.1, -0.05) is 144 Å². The first kappa shape index (κ1) is 22.6. The summed E-state index contributed by atoms with van der Waals surface area (Å²) < 4.78 is 1.13. The van der Waals surface area contributed by atoms with E-state index >= 15 is 0 Å². The number of rotatable bonds is 5. The normalized spacial score (nSPS) is 13.8. The van der Waals surface area contributed by atoms with E-state index in [1.165, 1.54) is 48.6 Å². The summed E-state index contributed by atoms with van der Waals surface area (Å²) in [7, 11) is 0. The van der Waals surface area contributed by atoms with Crippen LogP contribution in [0.15, 0.2) is 102 Å². The lowest BCUT2D eigenvalue weighted by Crippen LogP contribution is -2.46. The average Bonchev–Trinajstić information content (AvgIpc) is 3.37. The number of benzene rings is 3. The molecule has 1 saturated carbocycles. The number of hydrogen-bond acceptors (Lipinski definition) is 1. The number of halogens is 1. The third kappa shape index (κ3) is 6.23. The molecule has 1 N–H and O–H groups in total. The molecule has 0 amide bonds. The predicted octanol–water partition coefficient (Wildman–Crippen LogP) is 6.39. The lowest BCUT2D eigenvalue weighted by molar-refractivity contribution is 0.499. The number of imidazole rings is 1. The summed E-state index contributed by atoms with van der Waals surface area (Å²) in [6.07, 6.45) is 11.4. The third-order valence-corrected chi connectivity index (χ3v) is 7.08. The van der Waals surface area contributed by atoms with Crippen LogP contribution >= 0.6 is 15.9 Å². The molecule has 32 heavy (non-hydrogen) atoms. The lowest BCUT2D eigenvalue weighted by Gasteiger charge is -2.28. The van der Waals surface area contributed by atoms with E-state index < -0.39 is 0 Å². The number of aromatic amines is 1. The first-order chi connectivity index (χ1) is 15.8. The highest BCUT2D eigenvalue weighted by molar-refractivity contribution is 9.10. The van der Waals surface area contributed by atoms with Gasteiger partial charge in [-0.3, -0.25) is 0 Å². The van der Waals surface area contributed by atoms with Crippen molar-refractivity contribution in [1.82, 2.24) is 9.97 Å². The summed E-state index contributed by atoms with van der Waals surface area (Å²) in [4.78, 5) is 7.26. The van der Waals surface area contributed by atoms with E-state index in [1.807, 2.05) is 24.4 Å². The quantitative estimate of drug-likeness (QED) is 0.326. The molecule has 162 valence electrons. The Morgan fingerprint density at radius 2 is 1.38 bits per heavy atom. The van der Waals surface area contributed by atoms with Crippen molar-refractivity contribution in [2.24, 2.45) is 0 Å². The van der Waals surface area contributed by atoms with Gasteiger partial charge in [-0.15, -0.1) is 0 Å². The molecule has 3 aromatic carbocycles. The fourth-order valence-electron chi connectivity index (χ4n) is 4.74. The minimum atomic E-state index is 0.586. The molecule has 1 aliphatic carbocycles. The summed E-state index contributed by atoms with van der Waals surface area (Å²) in [5, 5.41) is 0. The summed E-state index contributed by atoms with van der Waals surface area (Å²) in [5.41, 5.74) is 4.22. The zero-order valence-electron chi connectivity index (χ0n) is 18.5. The fourth-order valence-corrected chi connectivity index (χ4v) is 5.17. The minimum Gasteiger partial charge on any atom is -0.348 e. The van der Waals surface area contributed by atoms with Crippen LogP contribution in [0.4, 0.5) is 0 Å². The Balaban J connectivity index is 0.000000165. The molecule has 0 unspecified atom stereocenters. The van der Waals surface area contributed by atoms with E-state index in [1.54, 1.807) is 6.20 Å². The molecule has 1 aliphatic rings. The van der Waals surface area contributed by atoms with Crippen LogP contribution < -0.4 is 10.9 Å².